The summed E-state index contributed by atoms with van der Waals surface area (Å²) in [4.78, 5) is 33.7. The zero-order valence-corrected chi connectivity index (χ0v) is 16.0. The van der Waals surface area contributed by atoms with Crippen molar-refractivity contribution in [3.63, 3.8) is 0 Å². The van der Waals surface area contributed by atoms with Gasteiger partial charge in [0.05, 0.1) is 17.9 Å². The van der Waals surface area contributed by atoms with Gasteiger partial charge in [0.15, 0.2) is 5.65 Å². The van der Waals surface area contributed by atoms with Crippen molar-refractivity contribution in [2.75, 3.05) is 22.1 Å². The molecule has 1 aliphatic heterocycles. The standard InChI is InChI=1S/C21H22N6O2/c28-13-24-19-9-16(5-6-22-19)23-10-17-12-26-11-15(14-3-4-14)8-18(21(26)25-17)27-7-1-2-20(27)29/h5-6,8-9,11-14H,1-4,7,10H2,(H2,22,23,24,28). The average molecular weight is 390 g/mol. The summed E-state index contributed by atoms with van der Waals surface area (Å²) < 4.78 is 2.05. The molecule has 148 valence electrons. The first kappa shape index (κ1) is 17.7. The molecule has 8 heteroatoms. The van der Waals surface area contributed by atoms with Gasteiger partial charge in [0, 0.05) is 43.3 Å². The van der Waals surface area contributed by atoms with E-state index in [0.29, 0.717) is 31.1 Å². The number of nitrogens with zero attached hydrogens (tertiary/aromatic N) is 4. The van der Waals surface area contributed by atoms with Gasteiger partial charge in [-0.25, -0.2) is 9.97 Å². The van der Waals surface area contributed by atoms with Crippen LogP contribution in [0.25, 0.3) is 5.65 Å². The molecule has 2 N–H and O–H groups in total. The fourth-order valence-corrected chi connectivity index (χ4v) is 3.85. The van der Waals surface area contributed by atoms with Crippen molar-refractivity contribution >= 4 is 35.2 Å². The lowest BCUT2D eigenvalue weighted by atomic mass is 10.1. The van der Waals surface area contributed by atoms with Crippen LogP contribution in [0.5, 0.6) is 0 Å². The second kappa shape index (κ2) is 7.20. The maximum atomic E-state index is 12.4. The van der Waals surface area contributed by atoms with Gasteiger partial charge < -0.3 is 19.9 Å². The number of amides is 2. The van der Waals surface area contributed by atoms with E-state index < -0.39 is 0 Å². The second-order valence-electron chi connectivity index (χ2n) is 7.59. The van der Waals surface area contributed by atoms with Crippen molar-refractivity contribution < 1.29 is 9.59 Å². The van der Waals surface area contributed by atoms with Crippen molar-refractivity contribution in [2.45, 2.75) is 38.1 Å². The topological polar surface area (TPSA) is 91.6 Å². The largest absolute Gasteiger partial charge is 0.379 e. The minimum Gasteiger partial charge on any atom is -0.379 e. The number of fused-ring (bicyclic) bond motifs is 1. The number of rotatable bonds is 7. The van der Waals surface area contributed by atoms with Crippen LogP contribution in [0.2, 0.25) is 0 Å². The third kappa shape index (κ3) is 3.53. The molecule has 4 heterocycles. The molecule has 0 radical (unpaired) electrons. The van der Waals surface area contributed by atoms with E-state index in [4.69, 9.17) is 4.98 Å². The number of anilines is 3. The fraction of sp³-hybridized carbons (Fsp3) is 0.333. The summed E-state index contributed by atoms with van der Waals surface area (Å²) in [7, 11) is 0. The highest BCUT2D eigenvalue weighted by molar-refractivity contribution is 5.98. The summed E-state index contributed by atoms with van der Waals surface area (Å²) >= 11 is 0. The van der Waals surface area contributed by atoms with Crippen LogP contribution in [0.3, 0.4) is 0 Å². The predicted octanol–water partition coefficient (Wildman–Crippen LogP) is 2.91. The minimum atomic E-state index is 0.175. The van der Waals surface area contributed by atoms with Crippen LogP contribution in [0.1, 0.15) is 42.9 Å². The molecule has 1 saturated heterocycles. The first-order chi connectivity index (χ1) is 14.2. The number of hydrogen-bond donors (Lipinski definition) is 2. The number of hydrogen-bond acceptors (Lipinski definition) is 5. The van der Waals surface area contributed by atoms with Gasteiger partial charge in [0.25, 0.3) is 0 Å². The van der Waals surface area contributed by atoms with Crippen LogP contribution in [0, 0.1) is 0 Å². The number of carbonyl (C=O) groups excluding carboxylic acids is 2. The van der Waals surface area contributed by atoms with Gasteiger partial charge in [-0.15, -0.1) is 0 Å². The van der Waals surface area contributed by atoms with E-state index in [1.165, 1.54) is 18.4 Å². The van der Waals surface area contributed by atoms with Crippen LogP contribution in [-0.4, -0.2) is 33.2 Å². The Bertz CT molecular complexity index is 1090. The number of carbonyl (C=O) groups is 2. The summed E-state index contributed by atoms with van der Waals surface area (Å²) in [6.45, 7) is 1.28. The highest BCUT2D eigenvalue weighted by atomic mass is 16.2. The quantitative estimate of drug-likeness (QED) is 0.605. The Morgan fingerprint density at radius 3 is 2.90 bits per heavy atom. The summed E-state index contributed by atoms with van der Waals surface area (Å²) in [5.41, 5.74) is 4.74. The zero-order chi connectivity index (χ0) is 19.8. The number of pyridine rings is 2. The predicted molar refractivity (Wildman–Crippen MR) is 110 cm³/mol. The molecule has 0 spiro atoms. The Morgan fingerprint density at radius 2 is 2.14 bits per heavy atom. The van der Waals surface area contributed by atoms with E-state index in [1.807, 2.05) is 17.2 Å². The number of aromatic nitrogens is 3. The lowest BCUT2D eigenvalue weighted by molar-refractivity contribution is -0.117. The Hall–Kier alpha value is -3.42. The first-order valence-corrected chi connectivity index (χ1v) is 9.93. The van der Waals surface area contributed by atoms with E-state index >= 15 is 0 Å². The lowest BCUT2D eigenvalue weighted by Crippen LogP contribution is -2.24. The zero-order valence-electron chi connectivity index (χ0n) is 16.0. The molecule has 2 amide bonds. The highest BCUT2D eigenvalue weighted by Crippen LogP contribution is 2.42. The van der Waals surface area contributed by atoms with Gasteiger partial charge in [0.2, 0.25) is 12.3 Å². The van der Waals surface area contributed by atoms with Crippen molar-refractivity contribution in [1.29, 1.82) is 0 Å². The summed E-state index contributed by atoms with van der Waals surface area (Å²) in [6, 6.07) is 5.76. The maximum absolute atomic E-state index is 12.4. The SMILES string of the molecule is O=CNc1cc(NCc2cn3cc(C4CC4)cc(N4CCCC4=O)c3n2)ccn1. The summed E-state index contributed by atoms with van der Waals surface area (Å²) in [5.74, 6) is 1.26. The van der Waals surface area contributed by atoms with Crippen LogP contribution >= 0.6 is 0 Å². The van der Waals surface area contributed by atoms with E-state index in [2.05, 4.69) is 32.3 Å². The average Bonchev–Trinajstić information content (AvgIpc) is 3.36. The van der Waals surface area contributed by atoms with Gasteiger partial charge in [0.1, 0.15) is 5.82 Å². The van der Waals surface area contributed by atoms with Crippen molar-refractivity contribution in [3.05, 3.63) is 48.0 Å². The van der Waals surface area contributed by atoms with Gasteiger partial charge >= 0.3 is 0 Å². The molecule has 5 rings (SSSR count). The molecule has 2 aliphatic rings. The molecule has 3 aromatic rings. The molecule has 29 heavy (non-hydrogen) atoms. The van der Waals surface area contributed by atoms with E-state index in [0.717, 1.165) is 35.7 Å². The molecule has 0 aromatic carbocycles. The lowest BCUT2D eigenvalue weighted by Gasteiger charge is -2.17. The molecule has 8 nitrogen and oxygen atoms in total. The van der Waals surface area contributed by atoms with Gasteiger partial charge in [-0.2, -0.15) is 0 Å². The normalized spacial score (nSPS) is 16.4. The van der Waals surface area contributed by atoms with Crippen LogP contribution < -0.4 is 15.5 Å². The second-order valence-corrected chi connectivity index (χ2v) is 7.59. The Kier molecular flexibility index (Phi) is 4.38. The van der Waals surface area contributed by atoms with E-state index in [-0.39, 0.29) is 5.91 Å². The van der Waals surface area contributed by atoms with Crippen molar-refractivity contribution in [3.8, 4) is 0 Å². The molecule has 0 bridgehead atoms. The summed E-state index contributed by atoms with van der Waals surface area (Å²) in [6.07, 6.45) is 10.3. The molecule has 0 atom stereocenters. The minimum absolute atomic E-state index is 0.175. The van der Waals surface area contributed by atoms with Gasteiger partial charge in [-0.05, 0) is 42.9 Å². The monoisotopic (exact) mass is 390 g/mol. The van der Waals surface area contributed by atoms with Gasteiger partial charge in [-0.1, -0.05) is 0 Å². The first-order valence-electron chi connectivity index (χ1n) is 9.93. The molecule has 3 aromatic heterocycles. The molecule has 0 unspecified atom stereocenters. The third-order valence-corrected chi connectivity index (χ3v) is 5.46. The fourth-order valence-electron chi connectivity index (χ4n) is 3.85. The van der Waals surface area contributed by atoms with Crippen molar-refractivity contribution in [2.24, 2.45) is 0 Å². The Labute approximate surface area is 168 Å². The number of imidazole rings is 1. The highest BCUT2D eigenvalue weighted by Gasteiger charge is 2.29. The maximum Gasteiger partial charge on any atom is 0.227 e. The van der Waals surface area contributed by atoms with Crippen LogP contribution in [-0.2, 0) is 16.1 Å². The molecule has 1 aliphatic carbocycles. The third-order valence-electron chi connectivity index (χ3n) is 5.46. The molecular formula is C21H22N6O2. The van der Waals surface area contributed by atoms with Crippen LogP contribution in [0.15, 0.2) is 36.8 Å². The summed E-state index contributed by atoms with van der Waals surface area (Å²) in [5, 5.41) is 5.86. The molecular weight excluding hydrogens is 368 g/mol. The smallest absolute Gasteiger partial charge is 0.227 e. The molecule has 2 fully saturated rings. The van der Waals surface area contributed by atoms with E-state index in [9.17, 15) is 9.59 Å². The Morgan fingerprint density at radius 1 is 1.24 bits per heavy atom. The number of nitrogens with one attached hydrogen (secondary N) is 2. The Balaban J connectivity index is 1.44. The van der Waals surface area contributed by atoms with E-state index in [1.54, 1.807) is 12.3 Å². The molecule has 1 saturated carbocycles. The van der Waals surface area contributed by atoms with Crippen molar-refractivity contribution in [1.82, 2.24) is 14.4 Å². The van der Waals surface area contributed by atoms with Crippen LogP contribution in [0.4, 0.5) is 17.2 Å². The van der Waals surface area contributed by atoms with Gasteiger partial charge in [-0.3, -0.25) is 9.59 Å².